The number of carbonyl (C=O) groups excluding carboxylic acids is 2. The van der Waals surface area contributed by atoms with Gasteiger partial charge in [-0.1, -0.05) is 20.8 Å². The van der Waals surface area contributed by atoms with Crippen LogP contribution >= 0.6 is 0 Å². The molecule has 4 heteroatoms. The van der Waals surface area contributed by atoms with E-state index >= 15 is 0 Å². The summed E-state index contributed by atoms with van der Waals surface area (Å²) in [7, 11) is 0. The maximum atomic E-state index is 11.9. The van der Waals surface area contributed by atoms with Gasteiger partial charge in [0, 0.05) is 38.5 Å². The van der Waals surface area contributed by atoms with Crippen molar-refractivity contribution in [1.82, 2.24) is 9.80 Å². The molecule has 1 rings (SSSR count). The van der Waals surface area contributed by atoms with Crippen LogP contribution in [0.25, 0.3) is 0 Å². The number of hydrogen-bond donors (Lipinski definition) is 0. The van der Waals surface area contributed by atoms with Crippen LogP contribution in [-0.4, -0.2) is 54.2 Å². The lowest BCUT2D eigenvalue weighted by Crippen LogP contribution is -2.38. The topological polar surface area (TPSA) is 40.6 Å². The van der Waals surface area contributed by atoms with E-state index in [-0.39, 0.29) is 17.1 Å². The van der Waals surface area contributed by atoms with Crippen LogP contribution in [0.3, 0.4) is 0 Å². The van der Waals surface area contributed by atoms with Crippen molar-refractivity contribution in [2.45, 2.75) is 34.1 Å². The van der Waals surface area contributed by atoms with Gasteiger partial charge in [-0.3, -0.25) is 14.5 Å². The van der Waals surface area contributed by atoms with Crippen LogP contribution in [0, 0.1) is 5.41 Å². The molecule has 1 amide bonds. The molecule has 98 valence electrons. The number of Topliss-reactive ketones (excluding diaryl/α,β-unsaturated/α-hetero) is 1. The van der Waals surface area contributed by atoms with E-state index in [2.05, 4.69) is 4.90 Å². The van der Waals surface area contributed by atoms with Gasteiger partial charge in [0.25, 0.3) is 0 Å². The Morgan fingerprint density at radius 2 is 1.71 bits per heavy atom. The highest BCUT2D eigenvalue weighted by molar-refractivity contribution is 5.85. The summed E-state index contributed by atoms with van der Waals surface area (Å²) >= 11 is 0. The fraction of sp³-hybridized carbons (Fsp3) is 0.846. The lowest BCUT2D eigenvalue weighted by atomic mass is 9.90. The molecule has 0 aliphatic carbocycles. The van der Waals surface area contributed by atoms with Crippen molar-refractivity contribution in [3.8, 4) is 0 Å². The molecule has 0 spiro atoms. The number of rotatable bonds is 2. The molecular formula is C13H24N2O2. The van der Waals surface area contributed by atoms with Crippen LogP contribution in [-0.2, 0) is 9.59 Å². The molecule has 0 bridgehead atoms. The van der Waals surface area contributed by atoms with E-state index in [1.165, 1.54) is 0 Å². The monoisotopic (exact) mass is 240 g/mol. The molecule has 1 fully saturated rings. The standard InChI is InChI=1S/C13H24N2O2/c1-11(16)15-7-5-6-14(8-9-15)10-12(17)13(2,3)4/h5-10H2,1-4H3. The summed E-state index contributed by atoms with van der Waals surface area (Å²) in [6, 6.07) is 0. The summed E-state index contributed by atoms with van der Waals surface area (Å²) in [6.45, 7) is 11.2. The van der Waals surface area contributed by atoms with Gasteiger partial charge in [-0.25, -0.2) is 0 Å². The van der Waals surface area contributed by atoms with Crippen LogP contribution in [0.15, 0.2) is 0 Å². The van der Waals surface area contributed by atoms with Crippen LogP contribution < -0.4 is 0 Å². The number of ketones is 1. The third-order valence-corrected chi connectivity index (χ3v) is 3.24. The highest BCUT2D eigenvalue weighted by atomic mass is 16.2. The molecule has 0 unspecified atom stereocenters. The van der Waals surface area contributed by atoms with E-state index < -0.39 is 0 Å². The zero-order chi connectivity index (χ0) is 13.1. The van der Waals surface area contributed by atoms with Crippen molar-refractivity contribution >= 4 is 11.7 Å². The molecule has 0 aromatic rings. The van der Waals surface area contributed by atoms with Crippen molar-refractivity contribution in [1.29, 1.82) is 0 Å². The van der Waals surface area contributed by atoms with Gasteiger partial charge in [-0.2, -0.15) is 0 Å². The van der Waals surface area contributed by atoms with E-state index in [1.807, 2.05) is 25.7 Å². The van der Waals surface area contributed by atoms with E-state index in [1.54, 1.807) is 6.92 Å². The first-order valence-electron chi connectivity index (χ1n) is 6.32. The molecule has 1 aliphatic rings. The number of amides is 1. The van der Waals surface area contributed by atoms with Crippen LogP contribution in [0.2, 0.25) is 0 Å². The summed E-state index contributed by atoms with van der Waals surface area (Å²) < 4.78 is 0. The number of carbonyl (C=O) groups is 2. The van der Waals surface area contributed by atoms with Crippen molar-refractivity contribution in [2.24, 2.45) is 5.41 Å². The van der Waals surface area contributed by atoms with E-state index in [4.69, 9.17) is 0 Å². The average Bonchev–Trinajstić information content (AvgIpc) is 2.41. The fourth-order valence-corrected chi connectivity index (χ4v) is 1.88. The summed E-state index contributed by atoms with van der Waals surface area (Å²) in [5.41, 5.74) is -0.271. The SMILES string of the molecule is CC(=O)N1CCCN(CC(=O)C(C)(C)C)CC1. The molecule has 0 N–H and O–H groups in total. The molecular weight excluding hydrogens is 216 g/mol. The van der Waals surface area contributed by atoms with E-state index in [9.17, 15) is 9.59 Å². The van der Waals surface area contributed by atoms with Crippen LogP contribution in [0.1, 0.15) is 34.1 Å². The van der Waals surface area contributed by atoms with Crippen molar-refractivity contribution in [3.63, 3.8) is 0 Å². The molecule has 1 aliphatic heterocycles. The summed E-state index contributed by atoms with van der Waals surface area (Å²) in [5.74, 6) is 0.405. The molecule has 0 aromatic heterocycles. The lowest BCUT2D eigenvalue weighted by molar-refractivity contribution is -0.128. The van der Waals surface area contributed by atoms with Gasteiger partial charge in [0.15, 0.2) is 5.78 Å². The van der Waals surface area contributed by atoms with Gasteiger partial charge in [0.05, 0.1) is 6.54 Å². The zero-order valence-electron chi connectivity index (χ0n) is 11.5. The maximum absolute atomic E-state index is 11.9. The molecule has 1 heterocycles. The number of hydrogen-bond acceptors (Lipinski definition) is 3. The molecule has 4 nitrogen and oxygen atoms in total. The highest BCUT2D eigenvalue weighted by Crippen LogP contribution is 2.15. The fourth-order valence-electron chi connectivity index (χ4n) is 1.88. The smallest absolute Gasteiger partial charge is 0.219 e. The van der Waals surface area contributed by atoms with Gasteiger partial charge in [-0.05, 0) is 6.42 Å². The Morgan fingerprint density at radius 1 is 1.06 bits per heavy atom. The highest BCUT2D eigenvalue weighted by Gasteiger charge is 2.25. The summed E-state index contributed by atoms with van der Waals surface area (Å²) in [5, 5.41) is 0. The Bertz CT molecular complexity index is 294. The van der Waals surface area contributed by atoms with E-state index in [0.717, 1.165) is 32.6 Å². The molecule has 0 atom stereocenters. The average molecular weight is 240 g/mol. The second kappa shape index (κ2) is 5.63. The Labute approximate surface area is 104 Å². The first kappa shape index (κ1) is 14.2. The van der Waals surface area contributed by atoms with Crippen LogP contribution in [0.5, 0.6) is 0 Å². The largest absolute Gasteiger partial charge is 0.342 e. The molecule has 0 saturated carbocycles. The Balaban J connectivity index is 2.47. The second-order valence-corrected chi connectivity index (χ2v) is 5.81. The normalized spacial score (nSPS) is 18.9. The third-order valence-electron chi connectivity index (χ3n) is 3.24. The molecule has 1 saturated heterocycles. The third kappa shape index (κ3) is 4.46. The Hall–Kier alpha value is -0.900. The zero-order valence-corrected chi connectivity index (χ0v) is 11.5. The van der Waals surface area contributed by atoms with Gasteiger partial charge in [0.2, 0.25) is 5.91 Å². The van der Waals surface area contributed by atoms with Gasteiger partial charge in [0.1, 0.15) is 0 Å². The minimum Gasteiger partial charge on any atom is -0.342 e. The first-order chi connectivity index (χ1) is 7.80. The van der Waals surface area contributed by atoms with Crippen molar-refractivity contribution < 1.29 is 9.59 Å². The Morgan fingerprint density at radius 3 is 2.24 bits per heavy atom. The minimum absolute atomic E-state index is 0.133. The van der Waals surface area contributed by atoms with Crippen molar-refractivity contribution in [3.05, 3.63) is 0 Å². The van der Waals surface area contributed by atoms with Gasteiger partial charge >= 0.3 is 0 Å². The van der Waals surface area contributed by atoms with Crippen LogP contribution in [0.4, 0.5) is 0 Å². The first-order valence-corrected chi connectivity index (χ1v) is 6.32. The maximum Gasteiger partial charge on any atom is 0.219 e. The second-order valence-electron chi connectivity index (χ2n) is 5.81. The number of nitrogens with zero attached hydrogens (tertiary/aromatic N) is 2. The summed E-state index contributed by atoms with van der Waals surface area (Å²) in [4.78, 5) is 27.2. The quantitative estimate of drug-likeness (QED) is 0.727. The van der Waals surface area contributed by atoms with Crippen molar-refractivity contribution in [2.75, 3.05) is 32.7 Å². The van der Waals surface area contributed by atoms with Gasteiger partial charge in [-0.15, -0.1) is 0 Å². The predicted molar refractivity (Wildman–Crippen MR) is 67.8 cm³/mol. The molecule has 0 aromatic carbocycles. The Kier molecular flexibility index (Phi) is 4.69. The van der Waals surface area contributed by atoms with Gasteiger partial charge < -0.3 is 4.90 Å². The minimum atomic E-state index is -0.271. The lowest BCUT2D eigenvalue weighted by Gasteiger charge is -2.24. The molecule has 0 radical (unpaired) electrons. The predicted octanol–water partition coefficient (Wildman–Crippen LogP) is 1.16. The molecule has 17 heavy (non-hydrogen) atoms. The van der Waals surface area contributed by atoms with E-state index in [0.29, 0.717) is 6.54 Å². The summed E-state index contributed by atoms with van der Waals surface area (Å²) in [6.07, 6.45) is 0.955.